The third kappa shape index (κ3) is 5.52. The minimum atomic E-state index is -0.0666. The molecule has 0 saturated carbocycles. The van der Waals surface area contributed by atoms with Crippen molar-refractivity contribution in [2.75, 3.05) is 26.2 Å². The fraction of sp³-hybridized carbons (Fsp3) is 0.152. The van der Waals surface area contributed by atoms with Crippen molar-refractivity contribution in [1.29, 1.82) is 0 Å². The molecule has 2 aromatic carbocycles. The molecule has 7 rings (SSSR count). The molecule has 6 aromatic rings. The smallest absolute Gasteiger partial charge is 0.254 e. The molecule has 0 aliphatic carbocycles. The number of thiophene rings is 2. The first-order chi connectivity index (χ1) is 20.9. The summed E-state index contributed by atoms with van der Waals surface area (Å²) < 4.78 is 1.34. The van der Waals surface area contributed by atoms with E-state index >= 15 is 0 Å². The molecule has 5 heterocycles. The van der Waals surface area contributed by atoms with E-state index in [4.69, 9.17) is 33.2 Å². The highest BCUT2D eigenvalue weighted by Crippen LogP contribution is 2.34. The third-order valence-corrected chi connectivity index (χ3v) is 10.1. The molecule has 1 aliphatic rings. The van der Waals surface area contributed by atoms with Crippen LogP contribution in [0.3, 0.4) is 0 Å². The maximum Gasteiger partial charge on any atom is 0.254 e. The van der Waals surface area contributed by atoms with Crippen LogP contribution in [-0.2, 0) is 0 Å². The van der Waals surface area contributed by atoms with E-state index in [-0.39, 0.29) is 11.8 Å². The van der Waals surface area contributed by atoms with Gasteiger partial charge in [0.15, 0.2) is 0 Å². The lowest BCUT2D eigenvalue weighted by Gasteiger charge is -2.23. The van der Waals surface area contributed by atoms with Gasteiger partial charge < -0.3 is 9.80 Å². The van der Waals surface area contributed by atoms with E-state index < -0.39 is 0 Å². The van der Waals surface area contributed by atoms with E-state index in [0.717, 1.165) is 42.9 Å². The zero-order valence-corrected chi connectivity index (χ0v) is 25.9. The van der Waals surface area contributed by atoms with Crippen LogP contribution in [0.5, 0.6) is 0 Å². The average molecular weight is 644 g/mol. The van der Waals surface area contributed by atoms with Gasteiger partial charge in [0.2, 0.25) is 0 Å². The summed E-state index contributed by atoms with van der Waals surface area (Å²) in [4.78, 5) is 43.2. The summed E-state index contributed by atoms with van der Waals surface area (Å²) in [6, 6.07) is 26.6. The first-order valence-corrected chi connectivity index (χ1v) is 16.2. The van der Waals surface area contributed by atoms with Crippen molar-refractivity contribution in [1.82, 2.24) is 19.8 Å². The fourth-order valence-corrected chi connectivity index (χ4v) is 7.53. The fourth-order valence-electron chi connectivity index (χ4n) is 5.53. The second-order valence-electron chi connectivity index (χ2n) is 10.3. The predicted octanol–water partition coefficient (Wildman–Crippen LogP) is 8.54. The first-order valence-electron chi connectivity index (χ1n) is 13.8. The minimum Gasteiger partial charge on any atom is -0.337 e. The van der Waals surface area contributed by atoms with Gasteiger partial charge in [-0.3, -0.25) is 9.59 Å². The van der Waals surface area contributed by atoms with Crippen molar-refractivity contribution in [3.8, 4) is 21.1 Å². The Balaban J connectivity index is 1.17. The van der Waals surface area contributed by atoms with Gasteiger partial charge in [-0.1, -0.05) is 59.6 Å². The van der Waals surface area contributed by atoms with Gasteiger partial charge >= 0.3 is 0 Å². The van der Waals surface area contributed by atoms with Crippen LogP contribution in [0.2, 0.25) is 8.67 Å². The van der Waals surface area contributed by atoms with E-state index in [1.807, 2.05) is 94.7 Å². The number of fused-ring (bicyclic) bond motifs is 2. The largest absolute Gasteiger partial charge is 0.337 e. The predicted molar refractivity (Wildman–Crippen MR) is 177 cm³/mol. The molecule has 10 heteroatoms. The zero-order chi connectivity index (χ0) is 29.5. The highest BCUT2D eigenvalue weighted by atomic mass is 35.5. The van der Waals surface area contributed by atoms with Crippen LogP contribution in [0.1, 0.15) is 27.1 Å². The second-order valence-corrected chi connectivity index (χ2v) is 13.7. The van der Waals surface area contributed by atoms with Gasteiger partial charge in [-0.2, -0.15) is 0 Å². The van der Waals surface area contributed by atoms with Crippen molar-refractivity contribution in [2.45, 2.75) is 6.42 Å². The number of hydrogen-bond donors (Lipinski definition) is 0. The number of halogens is 2. The zero-order valence-electron chi connectivity index (χ0n) is 22.8. The number of benzene rings is 2. The van der Waals surface area contributed by atoms with Crippen molar-refractivity contribution < 1.29 is 9.59 Å². The van der Waals surface area contributed by atoms with Gasteiger partial charge in [0.05, 0.1) is 52.0 Å². The van der Waals surface area contributed by atoms with Crippen molar-refractivity contribution in [3.63, 3.8) is 0 Å². The number of rotatable bonds is 4. The summed E-state index contributed by atoms with van der Waals surface area (Å²) in [5.41, 5.74) is 4.16. The normalized spacial score (nSPS) is 13.9. The molecule has 0 spiro atoms. The number of para-hydroxylation sites is 2. The van der Waals surface area contributed by atoms with Crippen LogP contribution in [0.25, 0.3) is 42.9 Å². The first kappa shape index (κ1) is 28.0. The average Bonchev–Trinajstić information content (AvgIpc) is 3.59. The molecule has 1 saturated heterocycles. The van der Waals surface area contributed by atoms with Gasteiger partial charge in [0, 0.05) is 37.0 Å². The van der Waals surface area contributed by atoms with Gasteiger partial charge in [0.25, 0.3) is 11.8 Å². The molecule has 2 amide bonds. The Kier molecular flexibility index (Phi) is 7.61. The quantitative estimate of drug-likeness (QED) is 0.193. The summed E-state index contributed by atoms with van der Waals surface area (Å²) in [6.45, 7) is 1.96. The Morgan fingerprint density at radius 3 is 1.47 bits per heavy atom. The molecule has 0 unspecified atom stereocenters. The molecular weight excluding hydrogens is 619 g/mol. The van der Waals surface area contributed by atoms with E-state index in [1.54, 1.807) is 0 Å². The molecule has 4 aromatic heterocycles. The summed E-state index contributed by atoms with van der Waals surface area (Å²) >= 11 is 15.3. The SMILES string of the molecule is O=C(c1cc(-c2ccc(Cl)s2)nc2ccccc12)N1CCCN(C(=O)c2cc(-c3ccc(Cl)s3)nc3ccccc23)CC1. The summed E-state index contributed by atoms with van der Waals surface area (Å²) in [5, 5.41) is 1.61. The van der Waals surface area contributed by atoms with Gasteiger partial charge in [-0.15, -0.1) is 22.7 Å². The minimum absolute atomic E-state index is 0.0666. The van der Waals surface area contributed by atoms with Crippen LogP contribution < -0.4 is 0 Å². The maximum absolute atomic E-state index is 14.0. The number of pyridine rings is 2. The lowest BCUT2D eigenvalue weighted by Crippen LogP contribution is -2.37. The molecule has 1 fully saturated rings. The lowest BCUT2D eigenvalue weighted by atomic mass is 10.1. The molecular formula is C33H24Cl2N4O2S2. The van der Waals surface area contributed by atoms with Crippen molar-refractivity contribution >= 4 is 79.5 Å². The van der Waals surface area contributed by atoms with Gasteiger partial charge in [-0.05, 0) is 55.0 Å². The molecule has 214 valence electrons. The topological polar surface area (TPSA) is 66.4 Å². The van der Waals surface area contributed by atoms with E-state index in [1.165, 1.54) is 22.7 Å². The standard InChI is InChI=1S/C33H24Cl2N4O2S2/c34-30-12-10-28(42-30)26-18-22(20-6-1-3-8-24(20)36-26)32(40)38-14-5-15-39(17-16-38)33(41)23-19-27(29-11-13-31(35)43-29)37-25-9-4-2-7-21(23)25/h1-4,6-13,18-19H,5,14-17H2. The second kappa shape index (κ2) is 11.7. The number of carbonyl (C=O) groups excluding carboxylic acids is 2. The van der Waals surface area contributed by atoms with Gasteiger partial charge in [-0.25, -0.2) is 9.97 Å². The monoisotopic (exact) mass is 642 g/mol. The highest BCUT2D eigenvalue weighted by Gasteiger charge is 2.27. The maximum atomic E-state index is 14.0. The molecule has 0 atom stereocenters. The molecule has 0 radical (unpaired) electrons. The Bertz CT molecular complexity index is 1880. The van der Waals surface area contributed by atoms with Crippen LogP contribution in [-0.4, -0.2) is 57.8 Å². The molecule has 43 heavy (non-hydrogen) atoms. The number of hydrogen-bond acceptors (Lipinski definition) is 6. The number of amides is 2. The summed E-state index contributed by atoms with van der Waals surface area (Å²) in [7, 11) is 0. The lowest BCUT2D eigenvalue weighted by molar-refractivity contribution is 0.0720. The third-order valence-electron chi connectivity index (χ3n) is 7.61. The van der Waals surface area contributed by atoms with Crippen LogP contribution in [0.4, 0.5) is 0 Å². The molecule has 1 aliphatic heterocycles. The number of aromatic nitrogens is 2. The Labute approximate surface area is 266 Å². The van der Waals surface area contributed by atoms with E-state index in [0.29, 0.717) is 52.4 Å². The van der Waals surface area contributed by atoms with Crippen molar-refractivity contribution in [3.05, 3.63) is 105 Å². The molecule has 0 bridgehead atoms. The van der Waals surface area contributed by atoms with Crippen molar-refractivity contribution in [2.24, 2.45) is 0 Å². The summed E-state index contributed by atoms with van der Waals surface area (Å²) in [5.74, 6) is -0.133. The number of carbonyl (C=O) groups is 2. The Morgan fingerprint density at radius 1 is 0.605 bits per heavy atom. The Morgan fingerprint density at radius 2 is 1.05 bits per heavy atom. The van der Waals surface area contributed by atoms with Gasteiger partial charge in [0.1, 0.15) is 0 Å². The number of nitrogens with zero attached hydrogens (tertiary/aromatic N) is 4. The Hall–Kier alpha value is -3.82. The molecule has 0 N–H and O–H groups in total. The highest BCUT2D eigenvalue weighted by molar-refractivity contribution is 7.19. The summed E-state index contributed by atoms with van der Waals surface area (Å²) in [6.07, 6.45) is 0.671. The van der Waals surface area contributed by atoms with E-state index in [2.05, 4.69) is 0 Å². The molecule has 6 nitrogen and oxygen atoms in total. The van der Waals surface area contributed by atoms with E-state index in [9.17, 15) is 9.59 Å². The van der Waals surface area contributed by atoms with Crippen LogP contribution >= 0.6 is 45.9 Å². The van der Waals surface area contributed by atoms with Crippen LogP contribution in [0, 0.1) is 0 Å². The van der Waals surface area contributed by atoms with Crippen LogP contribution in [0.15, 0.2) is 84.9 Å².